The molecule has 0 saturated carbocycles. The van der Waals surface area contributed by atoms with Crippen molar-refractivity contribution in [3.8, 4) is 22.6 Å². The molecule has 1 aliphatic carbocycles. The number of aromatic nitrogens is 6. The highest BCUT2D eigenvalue weighted by atomic mass is 19.4. The average Bonchev–Trinajstić information content (AvgIpc) is 3.49. The summed E-state index contributed by atoms with van der Waals surface area (Å²) in [6.07, 6.45) is 5.69. The summed E-state index contributed by atoms with van der Waals surface area (Å²) in [5, 5.41) is 8.93. The first kappa shape index (κ1) is 21.7. The predicted octanol–water partition coefficient (Wildman–Crippen LogP) is 4.31. The largest absolute Gasteiger partial charge is 0.437 e. The van der Waals surface area contributed by atoms with Crippen molar-refractivity contribution in [1.82, 2.24) is 29.9 Å². The number of carbonyl (C=O) groups excluding carboxylic acids is 1. The van der Waals surface area contributed by atoms with Crippen LogP contribution in [0.2, 0.25) is 0 Å². The molecule has 1 atom stereocenters. The molecular weight excluding hydrogens is 445 g/mol. The first-order chi connectivity index (χ1) is 16.3. The first-order valence-corrected chi connectivity index (χ1v) is 10.5. The van der Waals surface area contributed by atoms with Crippen molar-refractivity contribution in [2.75, 3.05) is 0 Å². The number of alkyl halides is 3. The van der Waals surface area contributed by atoms with E-state index in [0.29, 0.717) is 17.9 Å². The summed E-state index contributed by atoms with van der Waals surface area (Å²) in [6, 6.07) is 9.02. The third-order valence-electron chi connectivity index (χ3n) is 5.92. The van der Waals surface area contributed by atoms with E-state index in [0.717, 1.165) is 29.4 Å². The normalized spacial score (nSPS) is 17.5. The summed E-state index contributed by atoms with van der Waals surface area (Å²) in [5.41, 5.74) is 1.94. The SMILES string of the molecule is Cc1ccc2c(c1)C(C=O)(Cn1cnc(-c3cc(-c4n[nH]nc4C(F)(F)F)ccn3)c1)C=CC2. The number of halogens is 3. The molecule has 4 aromatic rings. The summed E-state index contributed by atoms with van der Waals surface area (Å²) in [6.45, 7) is 2.32. The van der Waals surface area contributed by atoms with Crippen LogP contribution in [0.25, 0.3) is 22.6 Å². The minimum Gasteiger partial charge on any atom is -0.335 e. The highest BCUT2D eigenvalue weighted by Gasteiger charge is 2.38. The maximum atomic E-state index is 13.2. The van der Waals surface area contributed by atoms with Crippen LogP contribution in [0.15, 0.2) is 61.2 Å². The molecule has 0 fully saturated rings. The summed E-state index contributed by atoms with van der Waals surface area (Å²) < 4.78 is 41.5. The molecule has 1 aliphatic rings. The second-order valence-electron chi connectivity index (χ2n) is 8.30. The first-order valence-electron chi connectivity index (χ1n) is 10.5. The zero-order chi connectivity index (χ0) is 23.9. The number of carbonyl (C=O) groups is 1. The Kier molecular flexibility index (Phi) is 5.15. The number of H-pyrrole nitrogens is 1. The number of aryl methyl sites for hydroxylation is 1. The number of fused-ring (bicyclic) bond motifs is 1. The lowest BCUT2D eigenvalue weighted by Crippen LogP contribution is -2.34. The minimum absolute atomic E-state index is 0.213. The van der Waals surface area contributed by atoms with Gasteiger partial charge in [-0.05, 0) is 36.6 Å². The number of rotatable bonds is 5. The fourth-order valence-corrected chi connectivity index (χ4v) is 4.29. The van der Waals surface area contributed by atoms with E-state index >= 15 is 0 Å². The van der Waals surface area contributed by atoms with Gasteiger partial charge in [0.25, 0.3) is 0 Å². The highest BCUT2D eigenvalue weighted by Crippen LogP contribution is 2.36. The number of aldehydes is 1. The van der Waals surface area contributed by atoms with Gasteiger partial charge in [0.1, 0.15) is 17.7 Å². The Hall–Kier alpha value is -4.08. The summed E-state index contributed by atoms with van der Waals surface area (Å²) in [5.74, 6) is 0. The van der Waals surface area contributed by atoms with E-state index in [9.17, 15) is 18.0 Å². The number of aromatic amines is 1. The van der Waals surface area contributed by atoms with Gasteiger partial charge >= 0.3 is 6.18 Å². The van der Waals surface area contributed by atoms with Crippen LogP contribution >= 0.6 is 0 Å². The van der Waals surface area contributed by atoms with E-state index in [1.807, 2.05) is 42.5 Å². The lowest BCUT2D eigenvalue weighted by molar-refractivity contribution is -0.140. The van der Waals surface area contributed by atoms with Gasteiger partial charge in [-0.15, -0.1) is 0 Å². The molecule has 0 bridgehead atoms. The third kappa shape index (κ3) is 3.81. The van der Waals surface area contributed by atoms with E-state index in [-0.39, 0.29) is 11.3 Å². The summed E-state index contributed by atoms with van der Waals surface area (Å²) in [7, 11) is 0. The van der Waals surface area contributed by atoms with E-state index in [1.165, 1.54) is 18.3 Å². The van der Waals surface area contributed by atoms with Crippen molar-refractivity contribution in [3.05, 3.63) is 83.6 Å². The Morgan fingerprint density at radius 1 is 1.15 bits per heavy atom. The smallest absolute Gasteiger partial charge is 0.335 e. The van der Waals surface area contributed by atoms with Gasteiger partial charge in [0.15, 0.2) is 5.69 Å². The fourth-order valence-electron chi connectivity index (χ4n) is 4.29. The van der Waals surface area contributed by atoms with Crippen molar-refractivity contribution in [3.63, 3.8) is 0 Å². The standard InChI is InChI=1S/C24H19F3N6O/c1-15-4-5-16-3-2-7-23(13-34,18(16)9-15)12-33-11-20(29-14-33)19-10-17(6-8-28-19)21-22(24(25,26)27)31-32-30-21/h2,4-11,13-14H,3,12H2,1H3,(H,30,31,32). The van der Waals surface area contributed by atoms with Gasteiger partial charge in [-0.3, -0.25) is 4.98 Å². The molecule has 0 radical (unpaired) electrons. The van der Waals surface area contributed by atoms with E-state index in [4.69, 9.17) is 0 Å². The molecule has 0 saturated heterocycles. The molecule has 172 valence electrons. The number of hydrogen-bond acceptors (Lipinski definition) is 5. The number of allylic oxidation sites excluding steroid dienone is 2. The van der Waals surface area contributed by atoms with Gasteiger partial charge < -0.3 is 9.36 Å². The minimum atomic E-state index is -4.64. The molecule has 0 amide bonds. The molecule has 3 heterocycles. The van der Waals surface area contributed by atoms with Gasteiger partial charge in [-0.1, -0.05) is 35.9 Å². The average molecular weight is 464 g/mol. The lowest BCUT2D eigenvalue weighted by Gasteiger charge is -2.31. The van der Waals surface area contributed by atoms with Crippen LogP contribution in [0.4, 0.5) is 13.2 Å². The highest BCUT2D eigenvalue weighted by molar-refractivity contribution is 5.74. The number of benzene rings is 1. The quantitative estimate of drug-likeness (QED) is 0.351. The molecule has 0 aliphatic heterocycles. The third-order valence-corrected chi connectivity index (χ3v) is 5.92. The van der Waals surface area contributed by atoms with Crippen LogP contribution in [0.3, 0.4) is 0 Å². The molecule has 5 rings (SSSR count). The number of imidazole rings is 1. The maximum absolute atomic E-state index is 13.2. The van der Waals surface area contributed by atoms with Crippen LogP contribution in [-0.4, -0.2) is 36.2 Å². The Morgan fingerprint density at radius 3 is 2.79 bits per heavy atom. The Morgan fingerprint density at radius 2 is 2.00 bits per heavy atom. The van der Waals surface area contributed by atoms with Gasteiger partial charge in [0, 0.05) is 24.5 Å². The van der Waals surface area contributed by atoms with Crippen LogP contribution in [0.5, 0.6) is 0 Å². The van der Waals surface area contributed by atoms with Gasteiger partial charge in [0.05, 0.1) is 17.4 Å². The Balaban J connectivity index is 1.47. The van der Waals surface area contributed by atoms with Crippen LogP contribution < -0.4 is 0 Å². The van der Waals surface area contributed by atoms with E-state index in [1.54, 1.807) is 17.1 Å². The van der Waals surface area contributed by atoms with Crippen LogP contribution in [-0.2, 0) is 29.4 Å². The Labute approximate surface area is 192 Å². The molecule has 10 heteroatoms. The maximum Gasteiger partial charge on any atom is 0.437 e. The van der Waals surface area contributed by atoms with Crippen molar-refractivity contribution in [2.45, 2.75) is 31.5 Å². The molecule has 1 unspecified atom stereocenters. The Bertz CT molecular complexity index is 1400. The number of hydrogen-bond donors (Lipinski definition) is 1. The van der Waals surface area contributed by atoms with Gasteiger partial charge in [0.2, 0.25) is 0 Å². The molecule has 0 spiro atoms. The summed E-state index contributed by atoms with van der Waals surface area (Å²) in [4.78, 5) is 21.0. The second-order valence-corrected chi connectivity index (χ2v) is 8.30. The topological polar surface area (TPSA) is 89.4 Å². The predicted molar refractivity (Wildman–Crippen MR) is 118 cm³/mol. The van der Waals surface area contributed by atoms with Gasteiger partial charge in [-0.25, -0.2) is 4.98 Å². The molecule has 34 heavy (non-hydrogen) atoms. The van der Waals surface area contributed by atoms with E-state index in [2.05, 4.69) is 20.2 Å². The van der Waals surface area contributed by atoms with Crippen molar-refractivity contribution < 1.29 is 18.0 Å². The zero-order valence-corrected chi connectivity index (χ0v) is 18.0. The summed E-state index contributed by atoms with van der Waals surface area (Å²) >= 11 is 0. The molecule has 7 nitrogen and oxygen atoms in total. The molecule has 3 aromatic heterocycles. The number of nitrogens with one attached hydrogen (secondary N) is 1. The van der Waals surface area contributed by atoms with Crippen LogP contribution in [0, 0.1) is 6.92 Å². The van der Waals surface area contributed by atoms with Crippen molar-refractivity contribution in [1.29, 1.82) is 0 Å². The zero-order valence-electron chi connectivity index (χ0n) is 18.0. The van der Waals surface area contributed by atoms with Crippen LogP contribution in [0.1, 0.15) is 22.4 Å². The number of nitrogens with zero attached hydrogens (tertiary/aromatic N) is 5. The van der Waals surface area contributed by atoms with Gasteiger partial charge in [-0.2, -0.15) is 28.6 Å². The monoisotopic (exact) mass is 464 g/mol. The fraction of sp³-hybridized carbons (Fsp3) is 0.208. The van der Waals surface area contributed by atoms with E-state index < -0.39 is 17.3 Å². The molecule has 1 N–H and O–H groups in total. The molecule has 1 aromatic carbocycles. The van der Waals surface area contributed by atoms with Crippen molar-refractivity contribution in [2.24, 2.45) is 0 Å². The lowest BCUT2D eigenvalue weighted by atomic mass is 9.74. The molecular formula is C24H19F3N6O. The second kappa shape index (κ2) is 8.05. The number of pyridine rings is 1. The van der Waals surface area contributed by atoms with Crippen molar-refractivity contribution >= 4 is 6.29 Å².